The van der Waals surface area contributed by atoms with E-state index in [1.54, 1.807) is 0 Å². The molecule has 152 valence electrons. The maximum absolute atomic E-state index is 13.0. The molecule has 0 radical (unpaired) electrons. The number of aromatic nitrogens is 1. The molecule has 0 N–H and O–H groups in total. The number of rotatable bonds is 4. The second kappa shape index (κ2) is 7.62. The van der Waals surface area contributed by atoms with Crippen LogP contribution in [0, 0.1) is 0 Å². The molecule has 3 nitrogen and oxygen atoms in total. The number of likely N-dealkylation sites (N-methyl/N-ethyl adjacent to an activating group) is 1. The number of ether oxygens (including phenoxy) is 1. The third kappa shape index (κ3) is 4.76. The lowest BCUT2D eigenvalue weighted by molar-refractivity contribution is -0.143. The Kier molecular flexibility index (Phi) is 5.56. The molecular weight excluding hydrogens is 386 g/mol. The van der Waals surface area contributed by atoms with Gasteiger partial charge in [-0.25, -0.2) is 0 Å². The maximum atomic E-state index is 13.0. The van der Waals surface area contributed by atoms with Gasteiger partial charge in [-0.05, 0) is 56.3 Å². The minimum absolute atomic E-state index is 0.104. The Hall–Kier alpha value is -2.29. The Morgan fingerprint density at radius 3 is 2.14 bits per heavy atom. The van der Waals surface area contributed by atoms with Gasteiger partial charge in [0, 0.05) is 17.8 Å². The molecule has 1 aliphatic heterocycles. The van der Waals surface area contributed by atoms with Crippen molar-refractivity contribution in [2.75, 3.05) is 20.2 Å². The van der Waals surface area contributed by atoms with Crippen LogP contribution in [0.15, 0.2) is 36.7 Å². The standard InChI is InChI=1S/C19H18F6N2O/c1-27-4-2-3-16(27)11-28-17-7-13(9-26-10-17)12-5-14(18(20,21)22)8-15(6-12)19(23,24)25/h5-10,16H,2-4,11H2,1H3/t16-/m0/s1. The Morgan fingerprint density at radius 1 is 0.964 bits per heavy atom. The van der Waals surface area contributed by atoms with Gasteiger partial charge in [0.1, 0.15) is 12.4 Å². The molecule has 0 saturated carbocycles. The normalized spacial score (nSPS) is 18.5. The quantitative estimate of drug-likeness (QED) is 0.650. The minimum atomic E-state index is -4.90. The van der Waals surface area contributed by atoms with Gasteiger partial charge in [0.15, 0.2) is 0 Å². The average Bonchev–Trinajstić information content (AvgIpc) is 3.03. The van der Waals surface area contributed by atoms with Crippen molar-refractivity contribution in [2.45, 2.75) is 31.2 Å². The molecule has 1 aromatic carbocycles. The summed E-state index contributed by atoms with van der Waals surface area (Å²) >= 11 is 0. The van der Waals surface area contributed by atoms with Crippen LogP contribution in [-0.2, 0) is 12.4 Å². The van der Waals surface area contributed by atoms with E-state index < -0.39 is 23.5 Å². The molecule has 0 bridgehead atoms. The predicted molar refractivity (Wildman–Crippen MR) is 90.8 cm³/mol. The second-order valence-electron chi connectivity index (χ2n) is 6.79. The number of hydrogen-bond acceptors (Lipinski definition) is 3. The van der Waals surface area contributed by atoms with E-state index in [1.807, 2.05) is 7.05 Å². The van der Waals surface area contributed by atoms with Gasteiger partial charge < -0.3 is 9.64 Å². The number of nitrogens with zero attached hydrogens (tertiary/aromatic N) is 2. The van der Waals surface area contributed by atoms with Gasteiger partial charge in [-0.1, -0.05) is 0 Å². The SMILES string of the molecule is CN1CCC[C@H]1COc1cncc(-c2cc(C(F)(F)F)cc(C(F)(F)F)c2)c1. The van der Waals surface area contributed by atoms with Crippen LogP contribution in [0.1, 0.15) is 24.0 Å². The first kappa shape index (κ1) is 20.4. The molecule has 1 aromatic heterocycles. The largest absolute Gasteiger partial charge is 0.490 e. The fourth-order valence-electron chi connectivity index (χ4n) is 3.16. The smallest absolute Gasteiger partial charge is 0.416 e. The number of hydrogen-bond donors (Lipinski definition) is 0. The van der Waals surface area contributed by atoms with E-state index in [-0.39, 0.29) is 23.2 Å². The molecule has 1 atom stereocenters. The summed E-state index contributed by atoms with van der Waals surface area (Å²) in [5.41, 5.74) is -2.83. The maximum Gasteiger partial charge on any atom is 0.416 e. The van der Waals surface area contributed by atoms with Crippen molar-refractivity contribution in [1.29, 1.82) is 0 Å². The van der Waals surface area contributed by atoms with Gasteiger partial charge in [-0.15, -0.1) is 0 Å². The monoisotopic (exact) mass is 404 g/mol. The predicted octanol–water partition coefficient (Wildman–Crippen LogP) is 5.26. The van der Waals surface area contributed by atoms with Gasteiger partial charge >= 0.3 is 12.4 Å². The summed E-state index contributed by atoms with van der Waals surface area (Å²) < 4.78 is 84.0. The van der Waals surface area contributed by atoms with E-state index in [0.29, 0.717) is 24.5 Å². The summed E-state index contributed by atoms with van der Waals surface area (Å²) in [7, 11) is 1.97. The van der Waals surface area contributed by atoms with Crippen LogP contribution >= 0.6 is 0 Å². The Bertz CT molecular complexity index is 802. The number of benzene rings is 1. The number of pyridine rings is 1. The zero-order valence-electron chi connectivity index (χ0n) is 14.9. The number of halogens is 6. The van der Waals surface area contributed by atoms with Crippen LogP contribution in [0.4, 0.5) is 26.3 Å². The van der Waals surface area contributed by atoms with Gasteiger partial charge in [-0.3, -0.25) is 4.98 Å². The highest BCUT2D eigenvalue weighted by molar-refractivity contribution is 5.66. The van der Waals surface area contributed by atoms with Crippen LogP contribution in [0.5, 0.6) is 5.75 Å². The highest BCUT2D eigenvalue weighted by Crippen LogP contribution is 2.38. The molecule has 2 aromatic rings. The first-order valence-corrected chi connectivity index (χ1v) is 8.62. The molecular formula is C19H18F6N2O. The fourth-order valence-corrected chi connectivity index (χ4v) is 3.16. The molecule has 0 unspecified atom stereocenters. The van der Waals surface area contributed by atoms with Crippen molar-refractivity contribution in [3.63, 3.8) is 0 Å². The van der Waals surface area contributed by atoms with Crippen LogP contribution in [-0.4, -0.2) is 36.1 Å². The van der Waals surface area contributed by atoms with Gasteiger partial charge in [-0.2, -0.15) is 26.3 Å². The summed E-state index contributed by atoms with van der Waals surface area (Å²) in [4.78, 5) is 6.05. The number of likely N-dealkylation sites (tertiary alicyclic amines) is 1. The van der Waals surface area contributed by atoms with Crippen molar-refractivity contribution in [3.8, 4) is 16.9 Å². The molecule has 0 amide bonds. The Labute approximate surface area is 157 Å². The van der Waals surface area contributed by atoms with Crippen LogP contribution in [0.25, 0.3) is 11.1 Å². The summed E-state index contributed by atoms with van der Waals surface area (Å²) in [5, 5.41) is 0. The first-order chi connectivity index (χ1) is 13.0. The van der Waals surface area contributed by atoms with E-state index in [0.717, 1.165) is 19.4 Å². The van der Waals surface area contributed by atoms with Crippen molar-refractivity contribution in [1.82, 2.24) is 9.88 Å². The van der Waals surface area contributed by atoms with Crippen LogP contribution < -0.4 is 4.74 Å². The molecule has 1 fully saturated rings. The summed E-state index contributed by atoms with van der Waals surface area (Å²) in [6, 6.07) is 3.08. The van der Waals surface area contributed by atoms with Crippen molar-refractivity contribution < 1.29 is 31.1 Å². The lowest BCUT2D eigenvalue weighted by Gasteiger charge is -2.19. The van der Waals surface area contributed by atoms with Gasteiger partial charge in [0.25, 0.3) is 0 Å². The fraction of sp³-hybridized carbons (Fsp3) is 0.421. The average molecular weight is 404 g/mol. The second-order valence-corrected chi connectivity index (χ2v) is 6.79. The molecule has 0 aliphatic carbocycles. The van der Waals surface area contributed by atoms with Crippen molar-refractivity contribution >= 4 is 0 Å². The van der Waals surface area contributed by atoms with Gasteiger partial charge in [0.2, 0.25) is 0 Å². The number of alkyl halides is 6. The third-order valence-electron chi connectivity index (χ3n) is 4.75. The van der Waals surface area contributed by atoms with E-state index >= 15 is 0 Å². The van der Waals surface area contributed by atoms with E-state index in [4.69, 9.17) is 4.74 Å². The molecule has 28 heavy (non-hydrogen) atoms. The molecule has 9 heteroatoms. The van der Waals surface area contributed by atoms with Crippen molar-refractivity contribution in [2.24, 2.45) is 0 Å². The zero-order chi connectivity index (χ0) is 20.5. The minimum Gasteiger partial charge on any atom is -0.490 e. The van der Waals surface area contributed by atoms with Crippen LogP contribution in [0.2, 0.25) is 0 Å². The van der Waals surface area contributed by atoms with E-state index in [1.165, 1.54) is 18.5 Å². The highest BCUT2D eigenvalue weighted by Gasteiger charge is 2.37. The summed E-state index contributed by atoms with van der Waals surface area (Å²) in [6.45, 7) is 1.33. The Morgan fingerprint density at radius 2 is 1.61 bits per heavy atom. The molecule has 1 aliphatic rings. The van der Waals surface area contributed by atoms with E-state index in [9.17, 15) is 26.3 Å². The first-order valence-electron chi connectivity index (χ1n) is 8.62. The summed E-state index contributed by atoms with van der Waals surface area (Å²) in [5.74, 6) is 0.295. The highest BCUT2D eigenvalue weighted by atomic mass is 19.4. The third-order valence-corrected chi connectivity index (χ3v) is 4.75. The van der Waals surface area contributed by atoms with Crippen molar-refractivity contribution in [3.05, 3.63) is 47.8 Å². The lowest BCUT2D eigenvalue weighted by atomic mass is 10.00. The van der Waals surface area contributed by atoms with Crippen LogP contribution in [0.3, 0.4) is 0 Å². The zero-order valence-corrected chi connectivity index (χ0v) is 14.9. The molecule has 0 spiro atoms. The topological polar surface area (TPSA) is 25.4 Å². The summed E-state index contributed by atoms with van der Waals surface area (Å²) in [6.07, 6.45) is -5.18. The molecule has 2 heterocycles. The Balaban J connectivity index is 1.90. The molecule has 1 saturated heterocycles. The van der Waals surface area contributed by atoms with E-state index in [2.05, 4.69) is 9.88 Å². The lowest BCUT2D eigenvalue weighted by Crippen LogP contribution is -2.30. The van der Waals surface area contributed by atoms with Gasteiger partial charge in [0.05, 0.1) is 17.3 Å². The molecule has 3 rings (SSSR count).